The zero-order chi connectivity index (χ0) is 20.4. The number of amides is 1. The quantitative estimate of drug-likeness (QED) is 0.509. The van der Waals surface area contributed by atoms with Crippen molar-refractivity contribution in [1.29, 1.82) is 0 Å². The molecule has 1 atom stereocenters. The molecule has 29 heavy (non-hydrogen) atoms. The van der Waals surface area contributed by atoms with E-state index in [-0.39, 0.29) is 11.5 Å². The molecular weight excluding hydrogens is 382 g/mol. The number of rotatable bonds is 5. The topological polar surface area (TPSA) is 64.0 Å². The minimum atomic E-state index is -0.634. The second-order valence-electron chi connectivity index (χ2n) is 6.93. The highest BCUT2D eigenvalue weighted by molar-refractivity contribution is 7.17. The summed E-state index contributed by atoms with van der Waals surface area (Å²) >= 11 is 1.44. The van der Waals surface area contributed by atoms with E-state index >= 15 is 0 Å². The molecule has 1 unspecified atom stereocenters. The van der Waals surface area contributed by atoms with Crippen LogP contribution < -0.4 is 10.9 Å². The predicted octanol–water partition coefficient (Wildman–Crippen LogP) is 5.02. The number of hydrogen-bond donors (Lipinski definition) is 1. The van der Waals surface area contributed by atoms with Crippen molar-refractivity contribution in [3.63, 3.8) is 0 Å². The van der Waals surface area contributed by atoms with Gasteiger partial charge >= 0.3 is 0 Å². The second kappa shape index (κ2) is 8.01. The number of carbonyl (C=O) groups is 1. The summed E-state index contributed by atoms with van der Waals surface area (Å²) in [6, 6.07) is 16.7. The maximum atomic E-state index is 13.4. The average molecular weight is 404 g/mol. The van der Waals surface area contributed by atoms with Gasteiger partial charge in [0.1, 0.15) is 10.9 Å². The molecule has 0 aliphatic rings. The molecule has 146 valence electrons. The zero-order valence-electron chi connectivity index (χ0n) is 16.3. The highest BCUT2D eigenvalue weighted by Gasteiger charge is 2.22. The van der Waals surface area contributed by atoms with Gasteiger partial charge in [0.05, 0.1) is 11.7 Å². The van der Waals surface area contributed by atoms with Gasteiger partial charge in [0, 0.05) is 16.6 Å². The summed E-state index contributed by atoms with van der Waals surface area (Å²) in [7, 11) is 0. The van der Waals surface area contributed by atoms with Gasteiger partial charge in [-0.3, -0.25) is 14.2 Å². The van der Waals surface area contributed by atoms with E-state index in [4.69, 9.17) is 0 Å². The fourth-order valence-electron chi connectivity index (χ4n) is 3.37. The molecule has 0 fully saturated rings. The van der Waals surface area contributed by atoms with Crippen molar-refractivity contribution in [1.82, 2.24) is 9.55 Å². The fraction of sp³-hybridized carbons (Fsp3) is 0.174. The van der Waals surface area contributed by atoms with E-state index in [1.807, 2.05) is 73.8 Å². The Morgan fingerprint density at radius 1 is 1.14 bits per heavy atom. The molecule has 0 aliphatic carbocycles. The first-order chi connectivity index (χ1) is 14.1. The van der Waals surface area contributed by atoms with E-state index in [1.165, 1.54) is 22.2 Å². The number of aromatic nitrogens is 2. The molecule has 2 aromatic heterocycles. The number of hydrogen-bond acceptors (Lipinski definition) is 4. The van der Waals surface area contributed by atoms with E-state index < -0.39 is 6.04 Å². The molecule has 0 saturated heterocycles. The highest BCUT2D eigenvalue weighted by Crippen LogP contribution is 2.31. The Labute approximate surface area is 172 Å². The molecule has 0 radical (unpaired) electrons. The van der Waals surface area contributed by atoms with Crippen LogP contribution in [0.5, 0.6) is 0 Å². The van der Waals surface area contributed by atoms with Crippen molar-refractivity contribution in [2.45, 2.75) is 26.3 Å². The van der Waals surface area contributed by atoms with Crippen LogP contribution in [0.25, 0.3) is 21.3 Å². The molecule has 0 spiro atoms. The first-order valence-electron chi connectivity index (χ1n) is 9.49. The Kier molecular flexibility index (Phi) is 5.27. The zero-order valence-corrected chi connectivity index (χ0v) is 17.1. The first kappa shape index (κ1) is 19.1. The third kappa shape index (κ3) is 3.71. The third-order valence-corrected chi connectivity index (χ3v) is 5.83. The van der Waals surface area contributed by atoms with Gasteiger partial charge in [0.25, 0.3) is 5.56 Å². The Bertz CT molecular complexity index is 1210. The van der Waals surface area contributed by atoms with Crippen LogP contribution in [0.2, 0.25) is 0 Å². The van der Waals surface area contributed by atoms with Crippen molar-refractivity contribution < 1.29 is 4.79 Å². The number of thiophene rings is 1. The molecule has 6 heteroatoms. The number of nitrogens with zero attached hydrogens (tertiary/aromatic N) is 2. The van der Waals surface area contributed by atoms with Crippen LogP contribution in [0.4, 0.5) is 5.69 Å². The summed E-state index contributed by atoms with van der Waals surface area (Å²) in [6.07, 6.45) is 1.97. The van der Waals surface area contributed by atoms with Crippen LogP contribution in [0.1, 0.15) is 24.9 Å². The molecule has 5 nitrogen and oxygen atoms in total. The van der Waals surface area contributed by atoms with Crippen molar-refractivity contribution in [2.75, 3.05) is 5.32 Å². The van der Waals surface area contributed by atoms with Gasteiger partial charge in [-0.05, 0) is 31.0 Å². The SMILES string of the molecule is CCC(C(=O)Nc1ccccc1)n1cnc2scc(-c3ccc(C)cc3)c2c1=O. The number of para-hydroxylation sites is 1. The molecule has 2 aromatic carbocycles. The predicted molar refractivity (Wildman–Crippen MR) is 118 cm³/mol. The standard InChI is InChI=1S/C23H21N3O2S/c1-3-19(21(27)25-17-7-5-4-6-8-17)26-14-24-22-20(23(26)28)18(13-29-22)16-11-9-15(2)10-12-16/h4-14,19H,3H2,1-2H3,(H,25,27). The molecule has 0 saturated carbocycles. The Morgan fingerprint density at radius 2 is 1.86 bits per heavy atom. The smallest absolute Gasteiger partial charge is 0.263 e. The molecule has 4 aromatic rings. The van der Waals surface area contributed by atoms with E-state index in [0.717, 1.165) is 16.7 Å². The average Bonchev–Trinajstić information content (AvgIpc) is 3.16. The number of fused-ring (bicyclic) bond motifs is 1. The van der Waals surface area contributed by atoms with Crippen LogP contribution in [0.3, 0.4) is 0 Å². The normalized spacial score (nSPS) is 12.1. The van der Waals surface area contributed by atoms with Gasteiger partial charge in [0.2, 0.25) is 5.91 Å². The Balaban J connectivity index is 1.76. The fourth-order valence-corrected chi connectivity index (χ4v) is 4.28. The number of benzene rings is 2. The maximum Gasteiger partial charge on any atom is 0.263 e. The Hall–Kier alpha value is -3.25. The van der Waals surface area contributed by atoms with Crippen LogP contribution >= 0.6 is 11.3 Å². The number of anilines is 1. The molecular formula is C23H21N3O2S. The van der Waals surface area contributed by atoms with Crippen LogP contribution in [-0.4, -0.2) is 15.5 Å². The third-order valence-electron chi connectivity index (χ3n) is 4.95. The van der Waals surface area contributed by atoms with Crippen molar-refractivity contribution >= 4 is 33.1 Å². The van der Waals surface area contributed by atoms with Gasteiger partial charge < -0.3 is 5.32 Å². The first-order valence-corrected chi connectivity index (χ1v) is 10.4. The van der Waals surface area contributed by atoms with Gasteiger partial charge in [-0.1, -0.05) is 55.0 Å². The highest BCUT2D eigenvalue weighted by atomic mass is 32.1. The number of carbonyl (C=O) groups excluding carboxylic acids is 1. The van der Waals surface area contributed by atoms with Crippen molar-refractivity contribution in [3.05, 3.63) is 82.2 Å². The molecule has 0 aliphatic heterocycles. The summed E-state index contributed by atoms with van der Waals surface area (Å²) in [5.74, 6) is -0.228. The van der Waals surface area contributed by atoms with Gasteiger partial charge in [-0.25, -0.2) is 4.98 Å². The summed E-state index contributed by atoms with van der Waals surface area (Å²) in [4.78, 5) is 31.4. The van der Waals surface area contributed by atoms with E-state index in [2.05, 4.69) is 10.3 Å². The molecule has 4 rings (SSSR count). The van der Waals surface area contributed by atoms with Crippen LogP contribution in [-0.2, 0) is 4.79 Å². The largest absolute Gasteiger partial charge is 0.324 e. The minimum absolute atomic E-state index is 0.193. The van der Waals surface area contributed by atoms with Gasteiger partial charge in [-0.15, -0.1) is 11.3 Å². The second-order valence-corrected chi connectivity index (χ2v) is 7.79. The number of nitrogens with one attached hydrogen (secondary N) is 1. The monoisotopic (exact) mass is 403 g/mol. The summed E-state index contributed by atoms with van der Waals surface area (Å²) in [6.45, 7) is 3.92. The lowest BCUT2D eigenvalue weighted by atomic mass is 10.0. The van der Waals surface area contributed by atoms with Gasteiger partial charge in [0.15, 0.2) is 0 Å². The summed E-state index contributed by atoms with van der Waals surface area (Å²) < 4.78 is 1.45. The van der Waals surface area contributed by atoms with E-state index in [1.54, 1.807) is 0 Å². The minimum Gasteiger partial charge on any atom is -0.324 e. The van der Waals surface area contributed by atoms with E-state index in [0.29, 0.717) is 22.3 Å². The van der Waals surface area contributed by atoms with E-state index in [9.17, 15) is 9.59 Å². The van der Waals surface area contributed by atoms with Crippen LogP contribution in [0.15, 0.2) is 71.1 Å². The lowest BCUT2D eigenvalue weighted by molar-refractivity contribution is -0.119. The lowest BCUT2D eigenvalue weighted by Crippen LogP contribution is -2.33. The van der Waals surface area contributed by atoms with Crippen molar-refractivity contribution in [3.8, 4) is 11.1 Å². The summed E-state index contributed by atoms with van der Waals surface area (Å²) in [5, 5.41) is 5.41. The molecule has 0 bridgehead atoms. The molecule has 1 N–H and O–H groups in total. The summed E-state index contributed by atoms with van der Waals surface area (Å²) in [5.41, 5.74) is 3.50. The molecule has 2 heterocycles. The Morgan fingerprint density at radius 3 is 2.55 bits per heavy atom. The van der Waals surface area contributed by atoms with Gasteiger partial charge in [-0.2, -0.15) is 0 Å². The molecule has 1 amide bonds. The van der Waals surface area contributed by atoms with Crippen LogP contribution in [0, 0.1) is 6.92 Å². The lowest BCUT2D eigenvalue weighted by Gasteiger charge is -2.17. The number of aryl methyl sites for hydroxylation is 1. The van der Waals surface area contributed by atoms with Crippen molar-refractivity contribution in [2.24, 2.45) is 0 Å². The maximum absolute atomic E-state index is 13.4.